The van der Waals surface area contributed by atoms with Crippen LogP contribution in [0.15, 0.2) is 132 Å². The van der Waals surface area contributed by atoms with Gasteiger partial charge in [-0.3, -0.25) is 0 Å². The number of aromatic nitrogens is 1. The van der Waals surface area contributed by atoms with Crippen molar-refractivity contribution in [3.05, 3.63) is 133 Å². The summed E-state index contributed by atoms with van der Waals surface area (Å²) in [5, 5.41) is 3.73. The standard InChI is InChI=1S/C41H30BN3O/c1-25-21-32-30-13-7-10-16-35(30)45(29-19-17-28(18-20-29)43(2)3)42-33-22-27-23-37(26-11-5-4-6-12-26)46-38(27)24-36(33)44-34-15-9-8-14-31(34)39(25)41(44)40(32)42/h4-24H,1-3H3. The number of hydrogen-bond donors (Lipinski definition) is 0. The number of hydrogen-bond acceptors (Lipinski definition) is 3. The molecule has 218 valence electrons. The average molecular weight is 592 g/mol. The zero-order chi connectivity index (χ0) is 30.7. The van der Waals surface area contributed by atoms with E-state index in [4.69, 9.17) is 4.42 Å². The van der Waals surface area contributed by atoms with Crippen LogP contribution in [0.3, 0.4) is 0 Å². The van der Waals surface area contributed by atoms with E-state index in [9.17, 15) is 0 Å². The van der Waals surface area contributed by atoms with E-state index in [2.05, 4.69) is 157 Å². The van der Waals surface area contributed by atoms with Gasteiger partial charge in [0.15, 0.2) is 0 Å². The first-order chi connectivity index (χ1) is 22.6. The van der Waals surface area contributed by atoms with Gasteiger partial charge >= 0.3 is 6.85 Å². The van der Waals surface area contributed by atoms with E-state index in [1.54, 1.807) is 0 Å². The molecule has 8 aromatic rings. The van der Waals surface area contributed by atoms with Crippen LogP contribution in [-0.2, 0) is 0 Å². The maximum atomic E-state index is 6.59. The van der Waals surface area contributed by atoms with Gasteiger partial charge in [-0.2, -0.15) is 0 Å². The predicted molar refractivity (Wildman–Crippen MR) is 194 cm³/mol. The van der Waals surface area contributed by atoms with Gasteiger partial charge in [-0.1, -0.05) is 78.9 Å². The molecule has 4 heterocycles. The number of nitrogens with zero attached hydrogens (tertiary/aromatic N) is 3. The van der Waals surface area contributed by atoms with Crippen molar-refractivity contribution in [1.29, 1.82) is 0 Å². The van der Waals surface area contributed by atoms with Gasteiger partial charge in [-0.05, 0) is 71.4 Å². The van der Waals surface area contributed by atoms with Crippen LogP contribution < -0.4 is 20.6 Å². The molecule has 2 aromatic heterocycles. The molecule has 0 bridgehead atoms. The topological polar surface area (TPSA) is 24.6 Å². The summed E-state index contributed by atoms with van der Waals surface area (Å²) >= 11 is 0. The van der Waals surface area contributed by atoms with Gasteiger partial charge in [0.2, 0.25) is 0 Å². The molecule has 0 aliphatic carbocycles. The summed E-state index contributed by atoms with van der Waals surface area (Å²) in [6.07, 6.45) is 0. The van der Waals surface area contributed by atoms with Crippen molar-refractivity contribution in [2.45, 2.75) is 6.92 Å². The lowest BCUT2D eigenvalue weighted by atomic mass is 9.44. The van der Waals surface area contributed by atoms with Crippen LogP contribution in [0.25, 0.3) is 60.9 Å². The average Bonchev–Trinajstić information content (AvgIpc) is 3.67. The van der Waals surface area contributed by atoms with Gasteiger partial charge in [-0.15, -0.1) is 0 Å². The van der Waals surface area contributed by atoms with Crippen LogP contribution in [0.1, 0.15) is 5.56 Å². The number of benzene rings is 6. The SMILES string of the molecule is Cc1cc2c3c4c1c1ccccc1n4-c1cc4oc(-c5ccccc5)cc4cc1B3N(c1ccc(N(C)C)cc1)c1ccccc1-2. The minimum atomic E-state index is -0.0236. The second-order valence-corrected chi connectivity index (χ2v) is 12.9. The van der Waals surface area contributed by atoms with Crippen LogP contribution in [0.5, 0.6) is 0 Å². The summed E-state index contributed by atoms with van der Waals surface area (Å²) < 4.78 is 9.10. The second kappa shape index (κ2) is 9.18. The normalized spacial score (nSPS) is 13.0. The van der Waals surface area contributed by atoms with Crippen LogP contribution in [0, 0.1) is 6.92 Å². The number of furan rings is 1. The highest BCUT2D eigenvalue weighted by Gasteiger charge is 2.44. The van der Waals surface area contributed by atoms with E-state index >= 15 is 0 Å². The molecule has 6 aromatic carbocycles. The Hall–Kier alpha value is -5.68. The number of anilines is 3. The number of aryl methyl sites for hydroxylation is 1. The Labute approximate surface area is 267 Å². The molecule has 5 heteroatoms. The molecule has 0 amide bonds. The first-order valence-electron chi connectivity index (χ1n) is 15.9. The zero-order valence-electron chi connectivity index (χ0n) is 26.0. The van der Waals surface area contributed by atoms with Gasteiger partial charge in [0.05, 0.1) is 11.0 Å². The summed E-state index contributed by atoms with van der Waals surface area (Å²) in [5.41, 5.74) is 15.8. The summed E-state index contributed by atoms with van der Waals surface area (Å²) in [5.74, 6) is 0.889. The lowest BCUT2D eigenvalue weighted by Gasteiger charge is -2.42. The molecule has 0 saturated heterocycles. The number of fused-ring (bicyclic) bond motifs is 9. The summed E-state index contributed by atoms with van der Waals surface area (Å²) in [6, 6.07) is 46.5. The summed E-state index contributed by atoms with van der Waals surface area (Å²) in [7, 11) is 4.19. The van der Waals surface area contributed by atoms with Crippen molar-refractivity contribution in [3.63, 3.8) is 0 Å². The van der Waals surface area contributed by atoms with Crippen LogP contribution >= 0.6 is 0 Å². The van der Waals surface area contributed by atoms with Crippen molar-refractivity contribution < 1.29 is 4.42 Å². The fourth-order valence-corrected chi connectivity index (χ4v) is 8.06. The minimum absolute atomic E-state index is 0.0236. The molecule has 2 aliphatic heterocycles. The zero-order valence-corrected chi connectivity index (χ0v) is 26.0. The summed E-state index contributed by atoms with van der Waals surface area (Å²) in [6.45, 7) is 2.25. The molecule has 2 aliphatic rings. The van der Waals surface area contributed by atoms with Gasteiger partial charge in [-0.25, -0.2) is 0 Å². The van der Waals surface area contributed by atoms with E-state index in [1.807, 2.05) is 6.07 Å². The molecule has 0 saturated carbocycles. The smallest absolute Gasteiger partial charge is 0.333 e. The molecule has 0 fully saturated rings. The Morgan fingerprint density at radius 2 is 1.46 bits per heavy atom. The van der Waals surface area contributed by atoms with Crippen molar-refractivity contribution in [2.75, 3.05) is 23.8 Å². The van der Waals surface area contributed by atoms with E-state index in [0.717, 1.165) is 22.3 Å². The van der Waals surface area contributed by atoms with Crippen molar-refractivity contribution in [2.24, 2.45) is 0 Å². The molecule has 4 nitrogen and oxygen atoms in total. The van der Waals surface area contributed by atoms with Gasteiger partial charge in [0, 0.05) is 70.2 Å². The fourth-order valence-electron chi connectivity index (χ4n) is 8.06. The fraction of sp³-hybridized carbons (Fsp3) is 0.0732. The minimum Gasteiger partial charge on any atom is -0.456 e. The van der Waals surface area contributed by atoms with Crippen LogP contribution in [0.2, 0.25) is 0 Å². The Morgan fingerprint density at radius 1 is 0.696 bits per heavy atom. The first-order valence-corrected chi connectivity index (χ1v) is 15.9. The van der Waals surface area contributed by atoms with Gasteiger partial charge in [0.1, 0.15) is 11.3 Å². The first kappa shape index (κ1) is 25.6. The molecule has 0 unspecified atom stereocenters. The molecule has 0 spiro atoms. The lowest BCUT2D eigenvalue weighted by Crippen LogP contribution is -2.60. The third kappa shape index (κ3) is 3.35. The third-order valence-electron chi connectivity index (χ3n) is 10.1. The highest BCUT2D eigenvalue weighted by molar-refractivity contribution is 6.93. The van der Waals surface area contributed by atoms with E-state index in [0.29, 0.717) is 0 Å². The quantitative estimate of drug-likeness (QED) is 0.192. The molecular formula is C41H30BN3O. The molecule has 0 N–H and O–H groups in total. The Morgan fingerprint density at radius 3 is 2.28 bits per heavy atom. The monoisotopic (exact) mass is 591 g/mol. The van der Waals surface area contributed by atoms with E-state index in [-0.39, 0.29) is 6.85 Å². The second-order valence-electron chi connectivity index (χ2n) is 12.9. The number of para-hydroxylation sites is 2. The maximum absolute atomic E-state index is 6.59. The molecule has 0 radical (unpaired) electrons. The van der Waals surface area contributed by atoms with E-state index < -0.39 is 0 Å². The molecule has 46 heavy (non-hydrogen) atoms. The summed E-state index contributed by atoms with van der Waals surface area (Å²) in [4.78, 5) is 4.72. The van der Waals surface area contributed by atoms with Crippen molar-refractivity contribution in [3.8, 4) is 28.1 Å². The van der Waals surface area contributed by atoms with Gasteiger partial charge < -0.3 is 18.7 Å². The predicted octanol–water partition coefficient (Wildman–Crippen LogP) is 8.81. The largest absolute Gasteiger partial charge is 0.456 e. The Kier molecular flexibility index (Phi) is 5.11. The maximum Gasteiger partial charge on any atom is 0.333 e. The van der Waals surface area contributed by atoms with Crippen molar-refractivity contribution in [1.82, 2.24) is 4.57 Å². The number of rotatable bonds is 3. The molecule has 0 atom stereocenters. The third-order valence-corrected chi connectivity index (χ3v) is 10.1. The highest BCUT2D eigenvalue weighted by atomic mass is 16.3. The van der Waals surface area contributed by atoms with Gasteiger partial charge in [0.25, 0.3) is 0 Å². The lowest BCUT2D eigenvalue weighted by molar-refractivity contribution is 0.631. The van der Waals surface area contributed by atoms with Crippen molar-refractivity contribution >= 4 is 67.6 Å². The van der Waals surface area contributed by atoms with Crippen LogP contribution in [0.4, 0.5) is 17.1 Å². The molecular weight excluding hydrogens is 561 g/mol. The Balaban J connectivity index is 1.35. The van der Waals surface area contributed by atoms with Crippen LogP contribution in [-0.4, -0.2) is 25.5 Å². The van der Waals surface area contributed by atoms with E-state index in [1.165, 1.54) is 72.2 Å². The molecule has 10 rings (SSSR count). The highest BCUT2D eigenvalue weighted by Crippen LogP contribution is 2.46. The Bertz CT molecular complexity index is 2520.